The number of carbonyl (C=O) groups is 2. The maximum absolute atomic E-state index is 12.3. The van der Waals surface area contributed by atoms with Gasteiger partial charge in [0.1, 0.15) is 0 Å². The molecule has 0 aliphatic carbocycles. The molecule has 61 heavy (non-hydrogen) atoms. The standard InChI is InChI=1S/C57H106O4/c1-3-5-7-9-11-13-15-17-19-20-21-22-23-24-25-26-27-28-29-30-31-32-33-34-35-36-37-38-40-41-43-45-47-49-51-53-55(57(59)60)61-56(58)54-52-50-48-46-44-42-39-18-16-14-12-10-8-6-4-2/h6,8,12,14,18,39,55H,3-5,7,9-11,13,15-17,19-38,40-54H2,1-2H3,(H,59,60)/b8-6-,14-12-,39-18-. The van der Waals surface area contributed by atoms with Crippen molar-refractivity contribution in [1.29, 1.82) is 0 Å². The summed E-state index contributed by atoms with van der Waals surface area (Å²) in [5, 5.41) is 9.56. The zero-order valence-corrected chi connectivity index (χ0v) is 41.2. The largest absolute Gasteiger partial charge is 0.479 e. The van der Waals surface area contributed by atoms with E-state index in [-0.39, 0.29) is 5.97 Å². The van der Waals surface area contributed by atoms with Crippen LogP contribution in [0, 0.1) is 0 Å². The minimum atomic E-state index is -1.01. The first-order chi connectivity index (χ1) is 30.1. The molecule has 0 saturated heterocycles. The van der Waals surface area contributed by atoms with Crippen molar-refractivity contribution in [2.75, 3.05) is 0 Å². The molecule has 1 N–H and O–H groups in total. The Kier molecular flexibility index (Phi) is 50.9. The lowest BCUT2D eigenvalue weighted by Crippen LogP contribution is -2.27. The number of aliphatic carboxylic acids is 1. The van der Waals surface area contributed by atoms with E-state index in [1.807, 2.05) is 0 Å². The number of esters is 1. The molecular formula is C57H106O4. The van der Waals surface area contributed by atoms with Gasteiger partial charge in [-0.25, -0.2) is 4.79 Å². The summed E-state index contributed by atoms with van der Waals surface area (Å²) in [5.74, 6) is -1.36. The summed E-state index contributed by atoms with van der Waals surface area (Å²) >= 11 is 0. The molecule has 4 nitrogen and oxygen atoms in total. The average molecular weight is 855 g/mol. The van der Waals surface area contributed by atoms with Gasteiger partial charge in [0.05, 0.1) is 0 Å². The van der Waals surface area contributed by atoms with Gasteiger partial charge in [0.2, 0.25) is 0 Å². The molecule has 0 fully saturated rings. The molecule has 0 amide bonds. The van der Waals surface area contributed by atoms with E-state index < -0.39 is 12.1 Å². The van der Waals surface area contributed by atoms with Crippen LogP contribution < -0.4 is 0 Å². The van der Waals surface area contributed by atoms with Gasteiger partial charge in [-0.05, 0) is 51.4 Å². The number of hydrogen-bond donors (Lipinski definition) is 1. The fourth-order valence-electron chi connectivity index (χ4n) is 8.58. The highest BCUT2D eigenvalue weighted by molar-refractivity contribution is 5.77. The van der Waals surface area contributed by atoms with Crippen LogP contribution in [0.3, 0.4) is 0 Å². The maximum atomic E-state index is 12.3. The molecule has 0 aliphatic heterocycles. The van der Waals surface area contributed by atoms with Crippen LogP contribution in [-0.4, -0.2) is 23.1 Å². The van der Waals surface area contributed by atoms with E-state index >= 15 is 0 Å². The van der Waals surface area contributed by atoms with Crippen LogP contribution in [0.5, 0.6) is 0 Å². The highest BCUT2D eigenvalue weighted by atomic mass is 16.6. The summed E-state index contributed by atoms with van der Waals surface area (Å²) in [6, 6.07) is 0. The van der Waals surface area contributed by atoms with Crippen molar-refractivity contribution in [2.24, 2.45) is 0 Å². The first-order valence-electron chi connectivity index (χ1n) is 27.5. The lowest BCUT2D eigenvalue weighted by molar-refractivity contribution is -0.164. The van der Waals surface area contributed by atoms with E-state index in [0.29, 0.717) is 12.8 Å². The van der Waals surface area contributed by atoms with Crippen molar-refractivity contribution in [3.63, 3.8) is 0 Å². The third-order valence-electron chi connectivity index (χ3n) is 12.7. The summed E-state index contributed by atoms with van der Waals surface area (Å²) in [4.78, 5) is 23.9. The van der Waals surface area contributed by atoms with Crippen molar-refractivity contribution >= 4 is 11.9 Å². The summed E-state index contributed by atoms with van der Waals surface area (Å²) < 4.78 is 5.35. The second kappa shape index (κ2) is 52.5. The van der Waals surface area contributed by atoms with E-state index in [0.717, 1.165) is 70.6 Å². The predicted molar refractivity (Wildman–Crippen MR) is 269 cm³/mol. The fraction of sp³-hybridized carbons (Fsp3) is 0.860. The molecule has 0 spiro atoms. The molecule has 0 bridgehead atoms. The van der Waals surface area contributed by atoms with Gasteiger partial charge in [0.15, 0.2) is 6.10 Å². The average Bonchev–Trinajstić information content (AvgIpc) is 3.25. The molecule has 1 atom stereocenters. The van der Waals surface area contributed by atoms with Crippen molar-refractivity contribution < 1.29 is 19.4 Å². The van der Waals surface area contributed by atoms with Crippen molar-refractivity contribution in [3.05, 3.63) is 36.5 Å². The van der Waals surface area contributed by atoms with Crippen LogP contribution in [-0.2, 0) is 14.3 Å². The van der Waals surface area contributed by atoms with Crippen LogP contribution in [0.15, 0.2) is 36.5 Å². The minimum absolute atomic E-state index is 0.323. The Bertz CT molecular complexity index is 966. The number of unbranched alkanes of at least 4 members (excludes halogenated alkanes) is 39. The van der Waals surface area contributed by atoms with Gasteiger partial charge in [-0.1, -0.05) is 288 Å². The zero-order valence-electron chi connectivity index (χ0n) is 41.2. The van der Waals surface area contributed by atoms with Gasteiger partial charge in [-0.2, -0.15) is 0 Å². The number of carbonyl (C=O) groups excluding carboxylic acids is 1. The quantitative estimate of drug-likeness (QED) is 0.0376. The Morgan fingerprint density at radius 1 is 0.377 bits per heavy atom. The van der Waals surface area contributed by atoms with Gasteiger partial charge in [0.25, 0.3) is 0 Å². The predicted octanol–water partition coefficient (Wildman–Crippen LogP) is 19.6. The Morgan fingerprint density at radius 2 is 0.672 bits per heavy atom. The molecule has 0 aromatic heterocycles. The number of ether oxygens (including phenoxy) is 1. The molecule has 0 saturated carbocycles. The van der Waals surface area contributed by atoms with Crippen LogP contribution in [0.1, 0.15) is 309 Å². The Balaban J connectivity index is 3.38. The summed E-state index contributed by atoms with van der Waals surface area (Å²) in [7, 11) is 0. The van der Waals surface area contributed by atoms with E-state index in [1.165, 1.54) is 212 Å². The number of carboxylic acids is 1. The highest BCUT2D eigenvalue weighted by Crippen LogP contribution is 2.18. The Hall–Kier alpha value is -1.84. The Labute approximate surface area is 381 Å². The summed E-state index contributed by atoms with van der Waals surface area (Å²) in [5.41, 5.74) is 0. The second-order valence-corrected chi connectivity index (χ2v) is 18.7. The topological polar surface area (TPSA) is 63.6 Å². The molecule has 1 unspecified atom stereocenters. The first kappa shape index (κ1) is 59.2. The molecular weight excluding hydrogens is 749 g/mol. The third-order valence-corrected chi connectivity index (χ3v) is 12.7. The van der Waals surface area contributed by atoms with Crippen LogP contribution in [0.2, 0.25) is 0 Å². The monoisotopic (exact) mass is 855 g/mol. The molecule has 0 rings (SSSR count). The summed E-state index contributed by atoms with van der Waals surface area (Å²) in [6.07, 6.45) is 71.2. The van der Waals surface area contributed by atoms with Crippen LogP contribution in [0.4, 0.5) is 0 Å². The number of allylic oxidation sites excluding steroid dienone is 6. The second-order valence-electron chi connectivity index (χ2n) is 18.7. The number of hydrogen-bond acceptors (Lipinski definition) is 3. The Morgan fingerprint density at radius 3 is 1.02 bits per heavy atom. The lowest BCUT2D eigenvalue weighted by atomic mass is 10.0. The first-order valence-corrected chi connectivity index (χ1v) is 27.5. The molecule has 0 aliphatic rings. The van der Waals surface area contributed by atoms with E-state index in [9.17, 15) is 14.7 Å². The normalized spacial score (nSPS) is 12.4. The molecule has 0 radical (unpaired) electrons. The van der Waals surface area contributed by atoms with Gasteiger partial charge >= 0.3 is 11.9 Å². The SMILES string of the molecule is CC/C=C\C/C=C\C/C=C\CCCCCCCC(=O)OC(CCCCCCCCCCCCCCCCCCCCCCCCCCCCCCCCCCCCC)C(=O)O. The third kappa shape index (κ3) is 50.7. The number of carboxylic acid groups (broad SMARTS) is 1. The van der Waals surface area contributed by atoms with E-state index in [4.69, 9.17) is 4.74 Å². The number of rotatable bonds is 51. The highest BCUT2D eigenvalue weighted by Gasteiger charge is 2.21. The van der Waals surface area contributed by atoms with Gasteiger partial charge in [0, 0.05) is 6.42 Å². The van der Waals surface area contributed by atoms with Crippen LogP contribution >= 0.6 is 0 Å². The minimum Gasteiger partial charge on any atom is -0.479 e. The van der Waals surface area contributed by atoms with E-state index in [2.05, 4.69) is 50.3 Å². The fourth-order valence-corrected chi connectivity index (χ4v) is 8.58. The molecule has 0 aromatic carbocycles. The molecule has 0 heterocycles. The smallest absolute Gasteiger partial charge is 0.345 e. The van der Waals surface area contributed by atoms with Gasteiger partial charge < -0.3 is 9.84 Å². The molecule has 358 valence electrons. The van der Waals surface area contributed by atoms with Crippen LogP contribution in [0.25, 0.3) is 0 Å². The maximum Gasteiger partial charge on any atom is 0.345 e. The molecule has 4 heteroatoms. The van der Waals surface area contributed by atoms with E-state index in [1.54, 1.807) is 0 Å². The summed E-state index contributed by atoms with van der Waals surface area (Å²) in [6.45, 7) is 4.46. The zero-order chi connectivity index (χ0) is 44.2. The lowest BCUT2D eigenvalue weighted by Gasteiger charge is -2.13. The van der Waals surface area contributed by atoms with Crippen molar-refractivity contribution in [2.45, 2.75) is 315 Å². The molecule has 0 aromatic rings. The van der Waals surface area contributed by atoms with Gasteiger partial charge in [-0.3, -0.25) is 4.79 Å². The van der Waals surface area contributed by atoms with Gasteiger partial charge in [-0.15, -0.1) is 0 Å². The van der Waals surface area contributed by atoms with Crippen molar-refractivity contribution in [1.82, 2.24) is 0 Å². The van der Waals surface area contributed by atoms with Crippen molar-refractivity contribution in [3.8, 4) is 0 Å².